The number of piperidine rings is 1. The van der Waals surface area contributed by atoms with Crippen molar-refractivity contribution in [2.45, 2.75) is 38.8 Å². The van der Waals surface area contributed by atoms with Gasteiger partial charge >= 0.3 is 0 Å². The molecule has 2 heterocycles. The van der Waals surface area contributed by atoms with Gasteiger partial charge in [-0.1, -0.05) is 6.92 Å². The Morgan fingerprint density at radius 3 is 2.55 bits per heavy atom. The maximum absolute atomic E-state index is 4.37. The normalized spacial score (nSPS) is 16.9. The largest absolute Gasteiger partial charge is 0.355 e. The maximum atomic E-state index is 4.37. The van der Waals surface area contributed by atoms with E-state index in [0.29, 0.717) is 6.04 Å². The Hall–Kier alpha value is -1.20. The molecule has 5 heteroatoms. The third-order valence-electron chi connectivity index (χ3n) is 3.96. The van der Waals surface area contributed by atoms with Crippen LogP contribution in [0.3, 0.4) is 0 Å². The number of hydrogen-bond acceptors (Lipinski definition) is 5. The van der Waals surface area contributed by atoms with Crippen molar-refractivity contribution in [3.05, 3.63) is 17.8 Å². The van der Waals surface area contributed by atoms with Crippen LogP contribution in [0.2, 0.25) is 0 Å². The second-order valence-electron chi connectivity index (χ2n) is 5.74. The minimum absolute atomic E-state index is 0.705. The summed E-state index contributed by atoms with van der Waals surface area (Å²) in [5.41, 5.74) is 1.02. The summed E-state index contributed by atoms with van der Waals surface area (Å²) in [6, 6.07) is 4.89. The Bertz CT molecular complexity index is 382. The summed E-state index contributed by atoms with van der Waals surface area (Å²) in [4.78, 5) is 4.67. The van der Waals surface area contributed by atoms with Gasteiger partial charge in [-0.05, 0) is 52.0 Å². The average molecular weight is 277 g/mol. The van der Waals surface area contributed by atoms with Crippen LogP contribution < -0.4 is 10.2 Å². The van der Waals surface area contributed by atoms with Gasteiger partial charge < -0.3 is 15.1 Å². The molecule has 1 aliphatic heterocycles. The standard InChI is InChI=1S/C15H27N5/c1-4-9-16-12-13-5-6-15(18-17-13)20-10-7-14(8-11-20)19(2)3/h5-6,14,16H,4,7-12H2,1-3H3. The van der Waals surface area contributed by atoms with Gasteiger partial charge in [-0.15, -0.1) is 5.10 Å². The molecule has 0 aliphatic carbocycles. The third-order valence-corrected chi connectivity index (χ3v) is 3.96. The zero-order valence-electron chi connectivity index (χ0n) is 13.0. The van der Waals surface area contributed by atoms with Crippen molar-refractivity contribution in [3.63, 3.8) is 0 Å². The molecule has 5 nitrogen and oxygen atoms in total. The molecule has 20 heavy (non-hydrogen) atoms. The average Bonchev–Trinajstić information content (AvgIpc) is 2.48. The third kappa shape index (κ3) is 4.15. The summed E-state index contributed by atoms with van der Waals surface area (Å²) in [7, 11) is 4.33. The summed E-state index contributed by atoms with van der Waals surface area (Å²) >= 11 is 0. The molecule has 0 amide bonds. The highest BCUT2D eigenvalue weighted by Gasteiger charge is 2.21. The van der Waals surface area contributed by atoms with Gasteiger partial charge in [-0.2, -0.15) is 5.10 Å². The van der Waals surface area contributed by atoms with E-state index in [2.05, 4.69) is 58.5 Å². The highest BCUT2D eigenvalue weighted by Crippen LogP contribution is 2.19. The van der Waals surface area contributed by atoms with Crippen molar-refractivity contribution >= 4 is 5.82 Å². The van der Waals surface area contributed by atoms with Crippen LogP contribution in [0.1, 0.15) is 31.9 Å². The quantitative estimate of drug-likeness (QED) is 0.799. The highest BCUT2D eigenvalue weighted by atomic mass is 15.3. The van der Waals surface area contributed by atoms with E-state index in [0.717, 1.165) is 44.1 Å². The minimum Gasteiger partial charge on any atom is -0.355 e. The number of nitrogens with one attached hydrogen (secondary N) is 1. The number of nitrogens with zero attached hydrogens (tertiary/aromatic N) is 4. The topological polar surface area (TPSA) is 44.3 Å². The lowest BCUT2D eigenvalue weighted by Gasteiger charge is -2.35. The number of anilines is 1. The fourth-order valence-corrected chi connectivity index (χ4v) is 2.62. The molecule has 0 aromatic carbocycles. The van der Waals surface area contributed by atoms with Crippen molar-refractivity contribution < 1.29 is 0 Å². The number of aromatic nitrogens is 2. The molecule has 0 atom stereocenters. The van der Waals surface area contributed by atoms with Gasteiger partial charge in [0.2, 0.25) is 0 Å². The first kappa shape index (κ1) is 15.2. The smallest absolute Gasteiger partial charge is 0.151 e. The lowest BCUT2D eigenvalue weighted by atomic mass is 10.0. The van der Waals surface area contributed by atoms with Crippen molar-refractivity contribution in [2.75, 3.05) is 38.6 Å². The Morgan fingerprint density at radius 2 is 2.00 bits per heavy atom. The lowest BCUT2D eigenvalue weighted by Crippen LogP contribution is -2.42. The molecule has 0 saturated carbocycles. The van der Waals surface area contributed by atoms with Gasteiger partial charge in [0.15, 0.2) is 5.82 Å². The summed E-state index contributed by atoms with van der Waals surface area (Å²) in [6.07, 6.45) is 3.55. The second-order valence-corrected chi connectivity index (χ2v) is 5.74. The molecule has 0 bridgehead atoms. The van der Waals surface area contributed by atoms with E-state index in [1.54, 1.807) is 0 Å². The molecule has 1 aromatic rings. The van der Waals surface area contributed by atoms with E-state index in [1.807, 2.05) is 0 Å². The summed E-state index contributed by atoms with van der Waals surface area (Å²) in [5.74, 6) is 1.02. The molecule has 1 saturated heterocycles. The lowest BCUT2D eigenvalue weighted by molar-refractivity contribution is 0.249. The molecular formula is C15H27N5. The highest BCUT2D eigenvalue weighted by molar-refractivity contribution is 5.37. The Kier molecular flexibility index (Phi) is 5.73. The molecule has 1 fully saturated rings. The molecule has 0 spiro atoms. The monoisotopic (exact) mass is 277 g/mol. The first-order valence-electron chi connectivity index (χ1n) is 7.65. The second kappa shape index (κ2) is 7.55. The fraction of sp³-hybridized carbons (Fsp3) is 0.733. The Balaban J connectivity index is 1.84. The first-order chi connectivity index (χ1) is 9.70. The zero-order valence-corrected chi connectivity index (χ0v) is 13.0. The van der Waals surface area contributed by atoms with E-state index in [9.17, 15) is 0 Å². The number of rotatable bonds is 6. The van der Waals surface area contributed by atoms with Crippen LogP contribution in [-0.4, -0.2) is 54.9 Å². The molecule has 0 unspecified atom stereocenters. The SMILES string of the molecule is CCCNCc1ccc(N2CCC(N(C)C)CC2)nn1. The number of hydrogen-bond donors (Lipinski definition) is 1. The van der Waals surface area contributed by atoms with Gasteiger partial charge in [0.25, 0.3) is 0 Å². The van der Waals surface area contributed by atoms with E-state index in [1.165, 1.54) is 12.8 Å². The van der Waals surface area contributed by atoms with Crippen LogP contribution >= 0.6 is 0 Å². The van der Waals surface area contributed by atoms with Crippen LogP contribution in [0.5, 0.6) is 0 Å². The molecule has 1 aromatic heterocycles. The fourth-order valence-electron chi connectivity index (χ4n) is 2.62. The Morgan fingerprint density at radius 1 is 1.25 bits per heavy atom. The molecule has 112 valence electrons. The van der Waals surface area contributed by atoms with Crippen molar-refractivity contribution in [3.8, 4) is 0 Å². The van der Waals surface area contributed by atoms with Gasteiger partial charge in [-0.3, -0.25) is 0 Å². The van der Waals surface area contributed by atoms with E-state index >= 15 is 0 Å². The predicted octanol–water partition coefficient (Wildman–Crippen LogP) is 1.51. The zero-order chi connectivity index (χ0) is 14.4. The molecule has 2 rings (SSSR count). The molecule has 1 N–H and O–H groups in total. The van der Waals surface area contributed by atoms with Crippen LogP contribution in [0.25, 0.3) is 0 Å². The molecular weight excluding hydrogens is 250 g/mol. The van der Waals surface area contributed by atoms with Crippen LogP contribution in [0.4, 0.5) is 5.82 Å². The van der Waals surface area contributed by atoms with E-state index in [4.69, 9.17) is 0 Å². The minimum atomic E-state index is 0.705. The summed E-state index contributed by atoms with van der Waals surface area (Å²) in [5, 5.41) is 12.0. The first-order valence-corrected chi connectivity index (χ1v) is 7.65. The summed E-state index contributed by atoms with van der Waals surface area (Å²) in [6.45, 7) is 6.15. The van der Waals surface area contributed by atoms with Crippen LogP contribution in [0.15, 0.2) is 12.1 Å². The predicted molar refractivity (Wildman–Crippen MR) is 83.0 cm³/mol. The van der Waals surface area contributed by atoms with Crippen LogP contribution in [-0.2, 0) is 6.54 Å². The van der Waals surface area contributed by atoms with E-state index in [-0.39, 0.29) is 0 Å². The van der Waals surface area contributed by atoms with Crippen molar-refractivity contribution in [1.29, 1.82) is 0 Å². The van der Waals surface area contributed by atoms with Gasteiger partial charge in [-0.25, -0.2) is 0 Å². The molecule has 0 radical (unpaired) electrons. The van der Waals surface area contributed by atoms with Gasteiger partial charge in [0, 0.05) is 25.7 Å². The maximum Gasteiger partial charge on any atom is 0.151 e. The van der Waals surface area contributed by atoms with Gasteiger partial charge in [0.1, 0.15) is 0 Å². The van der Waals surface area contributed by atoms with Crippen molar-refractivity contribution in [1.82, 2.24) is 20.4 Å². The molecule has 1 aliphatic rings. The van der Waals surface area contributed by atoms with E-state index < -0.39 is 0 Å². The van der Waals surface area contributed by atoms with Crippen molar-refractivity contribution in [2.24, 2.45) is 0 Å². The van der Waals surface area contributed by atoms with Crippen LogP contribution in [0, 0.1) is 0 Å². The summed E-state index contributed by atoms with van der Waals surface area (Å²) < 4.78 is 0. The van der Waals surface area contributed by atoms with Gasteiger partial charge in [0.05, 0.1) is 5.69 Å². The Labute approximate surface area is 122 Å².